The molecule has 0 bridgehead atoms. The Labute approximate surface area is 65.3 Å². The lowest BCUT2D eigenvalue weighted by Gasteiger charge is -2.13. The van der Waals surface area contributed by atoms with Gasteiger partial charge >= 0.3 is 7.12 Å². The lowest BCUT2D eigenvalue weighted by Crippen LogP contribution is -2.24. The summed E-state index contributed by atoms with van der Waals surface area (Å²) in [4.78, 5) is 0. The number of nitrogens with one attached hydrogen (secondary N) is 1. The summed E-state index contributed by atoms with van der Waals surface area (Å²) in [5.41, 5.74) is 0.459. The Bertz CT molecular complexity index is 200. The van der Waals surface area contributed by atoms with Gasteiger partial charge in [-0.25, -0.2) is 0 Å². The Morgan fingerprint density at radius 1 is 1.64 bits per heavy atom. The van der Waals surface area contributed by atoms with Crippen molar-refractivity contribution in [1.29, 1.82) is 0 Å². The average Bonchev–Trinajstić information content (AvgIpc) is 2.05. The zero-order chi connectivity index (χ0) is 8.27. The SMILES string of the molecule is COC1=CC(B(O)O)=CCN1. The summed E-state index contributed by atoms with van der Waals surface area (Å²) in [6, 6.07) is 0. The van der Waals surface area contributed by atoms with Gasteiger partial charge in [-0.2, -0.15) is 0 Å². The van der Waals surface area contributed by atoms with Gasteiger partial charge in [-0.1, -0.05) is 6.08 Å². The number of hydrogen-bond donors (Lipinski definition) is 3. The minimum atomic E-state index is -1.41. The molecule has 1 aliphatic heterocycles. The summed E-state index contributed by atoms with van der Waals surface area (Å²) in [6.45, 7) is 0.562. The van der Waals surface area contributed by atoms with E-state index in [1.54, 1.807) is 12.2 Å². The summed E-state index contributed by atoms with van der Waals surface area (Å²) in [5.74, 6) is 0.551. The molecule has 60 valence electrons. The molecule has 0 fully saturated rings. The molecule has 0 spiro atoms. The predicted octanol–water partition coefficient (Wildman–Crippen LogP) is -0.984. The van der Waals surface area contributed by atoms with Crippen molar-refractivity contribution in [2.45, 2.75) is 0 Å². The van der Waals surface area contributed by atoms with Gasteiger partial charge < -0.3 is 20.1 Å². The van der Waals surface area contributed by atoms with Gasteiger partial charge in [-0.15, -0.1) is 0 Å². The molecule has 1 heterocycles. The Balaban J connectivity index is 2.68. The zero-order valence-electron chi connectivity index (χ0n) is 6.24. The van der Waals surface area contributed by atoms with Crippen molar-refractivity contribution in [3.63, 3.8) is 0 Å². The molecular weight excluding hydrogens is 145 g/mol. The van der Waals surface area contributed by atoms with Crippen molar-refractivity contribution in [3.05, 3.63) is 23.5 Å². The van der Waals surface area contributed by atoms with Crippen LogP contribution in [0, 0.1) is 0 Å². The van der Waals surface area contributed by atoms with E-state index in [-0.39, 0.29) is 0 Å². The number of ether oxygens (including phenoxy) is 1. The molecule has 0 saturated heterocycles. The first kappa shape index (κ1) is 8.16. The van der Waals surface area contributed by atoms with E-state index >= 15 is 0 Å². The van der Waals surface area contributed by atoms with E-state index in [4.69, 9.17) is 14.8 Å². The van der Waals surface area contributed by atoms with Gasteiger partial charge in [0.1, 0.15) is 0 Å². The summed E-state index contributed by atoms with van der Waals surface area (Å²) < 4.78 is 4.86. The minimum Gasteiger partial charge on any atom is -0.483 e. The normalized spacial score (nSPS) is 16.3. The highest BCUT2D eigenvalue weighted by Crippen LogP contribution is 2.06. The third-order valence-electron chi connectivity index (χ3n) is 1.43. The minimum absolute atomic E-state index is 0.459. The van der Waals surface area contributed by atoms with Crippen LogP contribution in [-0.2, 0) is 4.74 Å². The van der Waals surface area contributed by atoms with Crippen LogP contribution in [-0.4, -0.2) is 30.8 Å². The van der Waals surface area contributed by atoms with E-state index in [1.165, 1.54) is 7.11 Å². The van der Waals surface area contributed by atoms with Crippen LogP contribution in [0.3, 0.4) is 0 Å². The average molecular weight is 155 g/mol. The molecule has 1 rings (SSSR count). The number of rotatable bonds is 2. The first-order chi connectivity index (χ1) is 5.24. The van der Waals surface area contributed by atoms with E-state index in [2.05, 4.69) is 5.32 Å². The largest absolute Gasteiger partial charge is 0.488 e. The van der Waals surface area contributed by atoms with Crippen LogP contribution >= 0.6 is 0 Å². The maximum atomic E-state index is 8.75. The van der Waals surface area contributed by atoms with Crippen LogP contribution in [0.15, 0.2) is 23.5 Å². The van der Waals surface area contributed by atoms with Crippen LogP contribution in [0.1, 0.15) is 0 Å². The second kappa shape index (κ2) is 3.45. The Morgan fingerprint density at radius 2 is 2.36 bits per heavy atom. The van der Waals surface area contributed by atoms with Gasteiger partial charge in [-0.05, 0) is 11.5 Å². The molecule has 0 radical (unpaired) electrons. The predicted molar refractivity (Wildman–Crippen MR) is 41.4 cm³/mol. The molecule has 0 unspecified atom stereocenters. The standard InChI is InChI=1S/C6H10BNO3/c1-11-6-4-5(7(9)10)2-3-8-6/h2,4,8-10H,3H2,1H3. The van der Waals surface area contributed by atoms with Crippen LogP contribution < -0.4 is 5.32 Å². The molecule has 3 N–H and O–H groups in total. The smallest absolute Gasteiger partial charge is 0.483 e. The van der Waals surface area contributed by atoms with Crippen LogP contribution in [0.5, 0.6) is 0 Å². The van der Waals surface area contributed by atoms with E-state index in [1.807, 2.05) is 0 Å². The maximum Gasteiger partial charge on any atom is 0.488 e. The molecule has 11 heavy (non-hydrogen) atoms. The van der Waals surface area contributed by atoms with Crippen molar-refractivity contribution in [3.8, 4) is 0 Å². The molecule has 0 atom stereocenters. The van der Waals surface area contributed by atoms with Crippen molar-refractivity contribution in [2.24, 2.45) is 0 Å². The van der Waals surface area contributed by atoms with Crippen molar-refractivity contribution < 1.29 is 14.8 Å². The summed E-state index contributed by atoms with van der Waals surface area (Å²) >= 11 is 0. The second-order valence-electron chi connectivity index (χ2n) is 2.17. The summed E-state index contributed by atoms with van der Waals surface area (Å²) in [7, 11) is 0.105. The summed E-state index contributed by atoms with van der Waals surface area (Å²) in [6.07, 6.45) is 3.24. The highest BCUT2D eigenvalue weighted by Gasteiger charge is 2.15. The molecule has 0 aromatic carbocycles. The van der Waals surface area contributed by atoms with Gasteiger partial charge in [0.05, 0.1) is 7.11 Å². The first-order valence-corrected chi connectivity index (χ1v) is 3.30. The molecule has 4 nitrogen and oxygen atoms in total. The third kappa shape index (κ3) is 1.99. The van der Waals surface area contributed by atoms with Gasteiger partial charge in [0.25, 0.3) is 0 Å². The quantitative estimate of drug-likeness (QED) is 0.448. The molecule has 0 aliphatic carbocycles. The fourth-order valence-electron chi connectivity index (χ4n) is 0.842. The fraction of sp³-hybridized carbons (Fsp3) is 0.333. The third-order valence-corrected chi connectivity index (χ3v) is 1.43. The molecule has 5 heteroatoms. The molecule has 0 amide bonds. The maximum absolute atomic E-state index is 8.75. The van der Waals surface area contributed by atoms with Gasteiger partial charge in [0.2, 0.25) is 0 Å². The zero-order valence-corrected chi connectivity index (χ0v) is 6.24. The van der Waals surface area contributed by atoms with E-state index in [0.717, 1.165) is 0 Å². The van der Waals surface area contributed by atoms with E-state index in [9.17, 15) is 0 Å². The lowest BCUT2D eigenvalue weighted by atomic mass is 9.78. The monoisotopic (exact) mass is 155 g/mol. The molecule has 0 aromatic heterocycles. The number of hydrogen-bond acceptors (Lipinski definition) is 4. The van der Waals surface area contributed by atoms with Crippen LogP contribution in [0.2, 0.25) is 0 Å². The van der Waals surface area contributed by atoms with Gasteiger partial charge in [0, 0.05) is 6.54 Å². The van der Waals surface area contributed by atoms with E-state index < -0.39 is 7.12 Å². The first-order valence-electron chi connectivity index (χ1n) is 3.30. The number of dihydropyridines is 1. The topological polar surface area (TPSA) is 61.7 Å². The molecule has 0 saturated carbocycles. The fourth-order valence-corrected chi connectivity index (χ4v) is 0.842. The second-order valence-corrected chi connectivity index (χ2v) is 2.17. The van der Waals surface area contributed by atoms with Crippen molar-refractivity contribution in [1.82, 2.24) is 5.32 Å². The molecule has 1 aliphatic rings. The highest BCUT2D eigenvalue weighted by molar-refractivity contribution is 6.51. The van der Waals surface area contributed by atoms with Gasteiger partial charge in [-0.3, -0.25) is 0 Å². The van der Waals surface area contributed by atoms with Gasteiger partial charge in [0.15, 0.2) is 5.88 Å². The highest BCUT2D eigenvalue weighted by atomic mass is 16.5. The Morgan fingerprint density at radius 3 is 2.91 bits per heavy atom. The molecule has 0 aromatic rings. The number of allylic oxidation sites excluding steroid dienone is 2. The van der Waals surface area contributed by atoms with Crippen LogP contribution in [0.4, 0.5) is 0 Å². The Kier molecular flexibility index (Phi) is 2.56. The van der Waals surface area contributed by atoms with Crippen LogP contribution in [0.25, 0.3) is 0 Å². The molecular formula is C6H10BNO3. The number of methoxy groups -OCH3 is 1. The Hall–Kier alpha value is -0.935. The van der Waals surface area contributed by atoms with E-state index in [0.29, 0.717) is 17.9 Å². The summed E-state index contributed by atoms with van der Waals surface area (Å²) in [5, 5.41) is 20.4. The van der Waals surface area contributed by atoms with Crippen molar-refractivity contribution in [2.75, 3.05) is 13.7 Å². The lowest BCUT2D eigenvalue weighted by molar-refractivity contribution is 0.263. The van der Waals surface area contributed by atoms with Crippen molar-refractivity contribution >= 4 is 7.12 Å².